The Labute approximate surface area is 134 Å². The van der Waals surface area contributed by atoms with E-state index >= 15 is 0 Å². The van der Waals surface area contributed by atoms with Crippen LogP contribution in [0.25, 0.3) is 16.9 Å². The van der Waals surface area contributed by atoms with Gasteiger partial charge in [0.15, 0.2) is 5.65 Å². The maximum absolute atomic E-state index is 5.15. The highest BCUT2D eigenvalue weighted by molar-refractivity contribution is 9.10. The third-order valence-electron chi connectivity index (χ3n) is 3.20. The van der Waals surface area contributed by atoms with Gasteiger partial charge in [-0.1, -0.05) is 0 Å². The summed E-state index contributed by atoms with van der Waals surface area (Å²) in [5.41, 5.74) is 3.37. The molecule has 0 radical (unpaired) electrons. The van der Waals surface area contributed by atoms with Crippen LogP contribution in [0.2, 0.25) is 0 Å². The van der Waals surface area contributed by atoms with Crippen LogP contribution in [0.5, 0.6) is 0 Å². The predicted octanol–water partition coefficient (Wildman–Crippen LogP) is 3.89. The summed E-state index contributed by atoms with van der Waals surface area (Å²) in [5.74, 6) is 0.804. The molecule has 0 aromatic carbocycles. The van der Waals surface area contributed by atoms with Crippen LogP contribution < -0.4 is 5.32 Å². The van der Waals surface area contributed by atoms with E-state index in [0.29, 0.717) is 0 Å². The van der Waals surface area contributed by atoms with Crippen LogP contribution in [-0.2, 0) is 0 Å². The van der Waals surface area contributed by atoms with Crippen LogP contribution >= 0.6 is 15.9 Å². The lowest BCUT2D eigenvalue weighted by Crippen LogP contribution is -2.02. The number of fused-ring (bicyclic) bond motifs is 1. The minimum Gasteiger partial charge on any atom is -0.472 e. The van der Waals surface area contributed by atoms with Gasteiger partial charge in [0, 0.05) is 29.7 Å². The van der Waals surface area contributed by atoms with Crippen LogP contribution in [0.3, 0.4) is 0 Å². The second-order valence-corrected chi connectivity index (χ2v) is 5.48. The van der Waals surface area contributed by atoms with Crippen molar-refractivity contribution in [2.45, 2.75) is 0 Å². The van der Waals surface area contributed by atoms with Crippen molar-refractivity contribution in [3.63, 3.8) is 0 Å². The van der Waals surface area contributed by atoms with Gasteiger partial charge < -0.3 is 9.73 Å². The molecule has 0 aliphatic rings. The summed E-state index contributed by atoms with van der Waals surface area (Å²) < 4.78 is 7.72. The number of pyridine rings is 1. The van der Waals surface area contributed by atoms with Crippen LogP contribution in [0, 0.1) is 0 Å². The molecule has 4 aromatic heterocycles. The van der Waals surface area contributed by atoms with Gasteiger partial charge in [0.2, 0.25) is 0 Å². The number of rotatable bonds is 3. The highest BCUT2D eigenvalue weighted by atomic mass is 79.9. The summed E-state index contributed by atoms with van der Waals surface area (Å²) >= 11 is 3.48. The minimum absolute atomic E-state index is 0.732. The van der Waals surface area contributed by atoms with Gasteiger partial charge in [-0.05, 0) is 34.1 Å². The highest BCUT2D eigenvalue weighted by Crippen LogP contribution is 2.27. The topological polar surface area (TPSA) is 68.2 Å². The lowest BCUT2D eigenvalue weighted by molar-refractivity contribution is 0.568. The molecule has 0 aliphatic heterocycles. The summed E-state index contributed by atoms with van der Waals surface area (Å²) in [6.45, 7) is 0. The molecule has 4 heterocycles. The number of halogens is 1. The van der Waals surface area contributed by atoms with Crippen LogP contribution in [0.15, 0.2) is 64.3 Å². The fourth-order valence-corrected chi connectivity index (χ4v) is 2.51. The van der Waals surface area contributed by atoms with Gasteiger partial charge in [-0.2, -0.15) is 9.61 Å². The first-order chi connectivity index (χ1) is 10.8. The molecule has 7 heteroatoms. The summed E-state index contributed by atoms with van der Waals surface area (Å²) in [4.78, 5) is 8.64. The molecule has 0 spiro atoms. The van der Waals surface area contributed by atoms with Crippen LogP contribution in [-0.4, -0.2) is 19.6 Å². The summed E-state index contributed by atoms with van der Waals surface area (Å²) in [6, 6.07) is 7.59. The maximum Gasteiger partial charge on any atom is 0.172 e. The van der Waals surface area contributed by atoms with Gasteiger partial charge in [0.25, 0.3) is 0 Å². The Kier molecular flexibility index (Phi) is 3.12. The van der Waals surface area contributed by atoms with Crippen molar-refractivity contribution in [2.75, 3.05) is 5.32 Å². The molecule has 0 saturated carbocycles. The molecular weight excluding hydrogens is 346 g/mol. The third kappa shape index (κ3) is 2.25. The van der Waals surface area contributed by atoms with Gasteiger partial charge in [-0.3, -0.25) is 4.98 Å². The maximum atomic E-state index is 5.15. The first-order valence-electron chi connectivity index (χ1n) is 6.55. The molecule has 6 nitrogen and oxygen atoms in total. The van der Waals surface area contributed by atoms with E-state index in [4.69, 9.17) is 4.42 Å². The monoisotopic (exact) mass is 355 g/mol. The number of anilines is 2. The fourth-order valence-electron chi connectivity index (χ4n) is 2.17. The van der Waals surface area contributed by atoms with Crippen molar-refractivity contribution in [3.8, 4) is 11.3 Å². The van der Waals surface area contributed by atoms with Gasteiger partial charge >= 0.3 is 0 Å². The SMILES string of the molecule is Brc1cnn2c(Nc3ccncc3)cc(-c3ccoc3)nc12. The fraction of sp³-hybridized carbons (Fsp3) is 0. The molecule has 4 aromatic rings. The van der Waals surface area contributed by atoms with Crippen molar-refractivity contribution in [1.82, 2.24) is 19.6 Å². The summed E-state index contributed by atoms with van der Waals surface area (Å²) in [6.07, 6.45) is 8.48. The average molecular weight is 356 g/mol. The minimum atomic E-state index is 0.732. The molecular formula is C15H10BrN5O. The number of nitrogens with one attached hydrogen (secondary N) is 1. The zero-order valence-corrected chi connectivity index (χ0v) is 12.9. The molecule has 0 atom stereocenters. The molecule has 1 N–H and O–H groups in total. The van der Waals surface area contributed by atoms with Gasteiger partial charge in [0.05, 0.1) is 28.9 Å². The lowest BCUT2D eigenvalue weighted by atomic mass is 10.2. The Morgan fingerprint density at radius 1 is 1.18 bits per heavy atom. The standard InChI is InChI=1S/C15H10BrN5O/c16-12-8-18-21-14(19-11-1-4-17-5-2-11)7-13(20-15(12)21)10-3-6-22-9-10/h1-9H,(H,17,19). The number of furan rings is 1. The van der Waals surface area contributed by atoms with Gasteiger partial charge in [-0.15, -0.1) is 0 Å². The van der Waals surface area contributed by atoms with Crippen molar-refractivity contribution < 1.29 is 4.42 Å². The number of nitrogens with zero attached hydrogens (tertiary/aromatic N) is 4. The number of aromatic nitrogens is 4. The molecule has 0 aliphatic carbocycles. The van der Waals surface area contributed by atoms with Gasteiger partial charge in [0.1, 0.15) is 5.82 Å². The normalized spacial score (nSPS) is 11.0. The quantitative estimate of drug-likeness (QED) is 0.603. The smallest absolute Gasteiger partial charge is 0.172 e. The zero-order chi connectivity index (χ0) is 14.9. The highest BCUT2D eigenvalue weighted by Gasteiger charge is 2.12. The first kappa shape index (κ1) is 13.0. The molecule has 22 heavy (non-hydrogen) atoms. The number of hydrogen-bond acceptors (Lipinski definition) is 5. The molecule has 0 saturated heterocycles. The molecule has 0 bridgehead atoms. The molecule has 4 rings (SSSR count). The number of hydrogen-bond donors (Lipinski definition) is 1. The third-order valence-corrected chi connectivity index (χ3v) is 3.76. The summed E-state index contributed by atoms with van der Waals surface area (Å²) in [5, 5.41) is 7.67. The van der Waals surface area contributed by atoms with Crippen LogP contribution in [0.4, 0.5) is 11.5 Å². The van der Waals surface area contributed by atoms with Crippen molar-refractivity contribution in [3.05, 3.63) is 59.9 Å². The van der Waals surface area contributed by atoms with Crippen molar-refractivity contribution in [2.24, 2.45) is 0 Å². The Morgan fingerprint density at radius 3 is 2.82 bits per heavy atom. The Balaban J connectivity index is 1.88. The molecule has 108 valence electrons. The second kappa shape index (κ2) is 5.27. The molecule has 0 fully saturated rings. The van der Waals surface area contributed by atoms with E-state index < -0.39 is 0 Å². The second-order valence-electron chi connectivity index (χ2n) is 4.63. The molecule has 0 unspecified atom stereocenters. The van der Waals surface area contributed by atoms with E-state index in [-0.39, 0.29) is 0 Å². The van der Waals surface area contributed by atoms with Crippen molar-refractivity contribution >= 4 is 33.1 Å². The first-order valence-corrected chi connectivity index (χ1v) is 7.34. The zero-order valence-electron chi connectivity index (χ0n) is 11.3. The van der Waals surface area contributed by atoms with E-state index in [1.807, 2.05) is 24.3 Å². The van der Waals surface area contributed by atoms with E-state index in [1.165, 1.54) is 0 Å². The van der Waals surface area contributed by atoms with E-state index in [0.717, 1.165) is 32.9 Å². The van der Waals surface area contributed by atoms with Crippen molar-refractivity contribution in [1.29, 1.82) is 0 Å². The Morgan fingerprint density at radius 2 is 2.05 bits per heavy atom. The predicted molar refractivity (Wildman–Crippen MR) is 85.9 cm³/mol. The van der Waals surface area contributed by atoms with E-state index in [9.17, 15) is 0 Å². The summed E-state index contributed by atoms with van der Waals surface area (Å²) in [7, 11) is 0. The largest absolute Gasteiger partial charge is 0.472 e. The molecule has 0 amide bonds. The lowest BCUT2D eigenvalue weighted by Gasteiger charge is -2.10. The average Bonchev–Trinajstić information content (AvgIpc) is 3.19. The van der Waals surface area contributed by atoms with E-state index in [2.05, 4.69) is 36.3 Å². The Bertz CT molecular complexity index is 918. The van der Waals surface area contributed by atoms with Gasteiger partial charge in [-0.25, -0.2) is 4.98 Å². The van der Waals surface area contributed by atoms with E-state index in [1.54, 1.807) is 35.6 Å². The Hall–Kier alpha value is -2.67. The van der Waals surface area contributed by atoms with Crippen LogP contribution in [0.1, 0.15) is 0 Å².